The van der Waals surface area contributed by atoms with Gasteiger partial charge in [-0.1, -0.05) is 24.3 Å². The van der Waals surface area contributed by atoms with Gasteiger partial charge >= 0.3 is 5.97 Å². The summed E-state index contributed by atoms with van der Waals surface area (Å²) in [5.74, 6) is -0.205. The summed E-state index contributed by atoms with van der Waals surface area (Å²) in [6.45, 7) is 1.89. The van der Waals surface area contributed by atoms with Crippen molar-refractivity contribution in [3.8, 4) is 5.75 Å². The second-order valence-corrected chi connectivity index (χ2v) is 4.81. The van der Waals surface area contributed by atoms with Gasteiger partial charge in [-0.2, -0.15) is 0 Å². The van der Waals surface area contributed by atoms with Crippen LogP contribution in [-0.2, 0) is 6.42 Å². The van der Waals surface area contributed by atoms with Crippen molar-refractivity contribution in [2.45, 2.75) is 13.3 Å². The van der Waals surface area contributed by atoms with Gasteiger partial charge in [-0.25, -0.2) is 9.78 Å². The number of carbonyl (C=O) groups is 1. The third-order valence-corrected chi connectivity index (χ3v) is 3.55. The highest BCUT2D eigenvalue weighted by Gasteiger charge is 2.15. The molecule has 0 saturated carbocycles. The molecule has 0 spiro atoms. The van der Waals surface area contributed by atoms with Crippen molar-refractivity contribution in [3.63, 3.8) is 0 Å². The number of carboxylic acid groups (broad SMARTS) is 1. The molecule has 1 aromatic heterocycles. The van der Waals surface area contributed by atoms with Gasteiger partial charge in [-0.05, 0) is 18.6 Å². The molecular formula is C13H14N2O3S. The predicted molar refractivity (Wildman–Crippen MR) is 74.7 cm³/mol. The summed E-state index contributed by atoms with van der Waals surface area (Å²) < 4.78 is 5.13. The van der Waals surface area contributed by atoms with Crippen LogP contribution in [0.3, 0.4) is 0 Å². The first-order valence-corrected chi connectivity index (χ1v) is 6.59. The number of carboxylic acids is 1. The lowest BCUT2D eigenvalue weighted by molar-refractivity contribution is 0.0701. The van der Waals surface area contributed by atoms with Crippen LogP contribution >= 0.6 is 11.3 Å². The van der Waals surface area contributed by atoms with E-state index in [1.807, 2.05) is 31.2 Å². The Morgan fingerprint density at radius 2 is 2.32 bits per heavy atom. The van der Waals surface area contributed by atoms with Crippen LogP contribution in [0.5, 0.6) is 5.75 Å². The minimum atomic E-state index is -0.937. The second-order valence-electron chi connectivity index (χ2n) is 3.81. The summed E-state index contributed by atoms with van der Waals surface area (Å²) in [7, 11) is 1.60. The van der Waals surface area contributed by atoms with E-state index >= 15 is 0 Å². The molecule has 1 heterocycles. The summed E-state index contributed by atoms with van der Waals surface area (Å²) >= 11 is 1.14. The lowest BCUT2D eigenvalue weighted by Gasteiger charge is -2.04. The van der Waals surface area contributed by atoms with Crippen molar-refractivity contribution in [2.24, 2.45) is 0 Å². The van der Waals surface area contributed by atoms with Crippen LogP contribution in [0, 0.1) is 0 Å². The van der Waals surface area contributed by atoms with Gasteiger partial charge in [0.15, 0.2) is 5.13 Å². The van der Waals surface area contributed by atoms with Crippen molar-refractivity contribution >= 4 is 28.1 Å². The molecule has 5 nitrogen and oxygen atoms in total. The molecule has 0 aliphatic carbocycles. The molecule has 19 heavy (non-hydrogen) atoms. The van der Waals surface area contributed by atoms with Gasteiger partial charge in [0.1, 0.15) is 10.6 Å². The molecule has 0 bridgehead atoms. The molecule has 2 N–H and O–H groups in total. The number of aromatic nitrogens is 1. The number of nitrogens with one attached hydrogen (secondary N) is 1. The van der Waals surface area contributed by atoms with Crippen LogP contribution in [0.15, 0.2) is 24.3 Å². The third kappa shape index (κ3) is 3.03. The molecular weight excluding hydrogens is 264 g/mol. The van der Waals surface area contributed by atoms with E-state index in [9.17, 15) is 4.79 Å². The van der Waals surface area contributed by atoms with Crippen molar-refractivity contribution in [1.82, 2.24) is 4.98 Å². The Morgan fingerprint density at radius 3 is 2.89 bits per heavy atom. The Labute approximate surface area is 114 Å². The Morgan fingerprint density at radius 1 is 1.53 bits per heavy atom. The van der Waals surface area contributed by atoms with E-state index in [-0.39, 0.29) is 4.88 Å². The first kappa shape index (κ1) is 13.4. The Hall–Kier alpha value is -2.08. The SMILES string of the molecule is CCc1nc(Nc2cccc(OC)c2)sc1C(=O)O. The van der Waals surface area contributed by atoms with E-state index in [1.165, 1.54) is 0 Å². The molecule has 0 aliphatic rings. The van der Waals surface area contributed by atoms with Gasteiger partial charge in [-0.3, -0.25) is 0 Å². The molecule has 0 amide bonds. The summed E-state index contributed by atoms with van der Waals surface area (Å²) in [6.07, 6.45) is 0.595. The fourth-order valence-corrected chi connectivity index (χ4v) is 2.55. The summed E-state index contributed by atoms with van der Waals surface area (Å²) in [5.41, 5.74) is 1.41. The van der Waals surface area contributed by atoms with E-state index in [0.29, 0.717) is 17.2 Å². The zero-order valence-electron chi connectivity index (χ0n) is 10.6. The topological polar surface area (TPSA) is 71.5 Å². The molecule has 0 unspecified atom stereocenters. The fourth-order valence-electron chi connectivity index (χ4n) is 1.64. The molecule has 2 rings (SSSR count). The first-order chi connectivity index (χ1) is 9.13. The summed E-state index contributed by atoms with van der Waals surface area (Å²) in [6, 6.07) is 7.39. The zero-order chi connectivity index (χ0) is 13.8. The second kappa shape index (κ2) is 5.71. The van der Waals surface area contributed by atoms with Crippen molar-refractivity contribution in [1.29, 1.82) is 0 Å². The van der Waals surface area contributed by atoms with Crippen molar-refractivity contribution < 1.29 is 14.6 Å². The Balaban J connectivity index is 2.25. The Bertz CT molecular complexity index is 595. The number of thiazole rings is 1. The maximum atomic E-state index is 11.1. The maximum Gasteiger partial charge on any atom is 0.347 e. The molecule has 0 fully saturated rings. The molecule has 0 atom stereocenters. The van der Waals surface area contributed by atoms with Gasteiger partial charge in [0.05, 0.1) is 12.8 Å². The van der Waals surface area contributed by atoms with Crippen LogP contribution in [0.1, 0.15) is 22.3 Å². The molecule has 1 aromatic carbocycles. The number of aromatic carboxylic acids is 1. The number of aryl methyl sites for hydroxylation is 1. The van der Waals surface area contributed by atoms with Gasteiger partial charge in [-0.15, -0.1) is 0 Å². The number of methoxy groups -OCH3 is 1. The van der Waals surface area contributed by atoms with Crippen LogP contribution in [0.4, 0.5) is 10.8 Å². The van der Waals surface area contributed by atoms with E-state index in [1.54, 1.807) is 7.11 Å². The van der Waals surface area contributed by atoms with Crippen LogP contribution in [0.25, 0.3) is 0 Å². The largest absolute Gasteiger partial charge is 0.497 e. The number of rotatable bonds is 5. The minimum Gasteiger partial charge on any atom is -0.497 e. The first-order valence-electron chi connectivity index (χ1n) is 5.78. The van der Waals surface area contributed by atoms with Gasteiger partial charge in [0.25, 0.3) is 0 Å². The van der Waals surface area contributed by atoms with Gasteiger partial charge < -0.3 is 15.2 Å². The van der Waals surface area contributed by atoms with Gasteiger partial charge in [0, 0.05) is 11.8 Å². The fraction of sp³-hybridized carbons (Fsp3) is 0.231. The number of nitrogens with zero attached hydrogens (tertiary/aromatic N) is 1. The summed E-state index contributed by atoms with van der Waals surface area (Å²) in [5, 5.41) is 12.7. The highest BCUT2D eigenvalue weighted by molar-refractivity contribution is 7.17. The standard InChI is InChI=1S/C13H14N2O3S/c1-3-10-11(12(16)17)19-13(15-10)14-8-5-4-6-9(7-8)18-2/h4-7H,3H2,1-2H3,(H,14,15)(H,16,17). The number of hydrogen-bond donors (Lipinski definition) is 2. The average Bonchev–Trinajstić information content (AvgIpc) is 2.82. The smallest absolute Gasteiger partial charge is 0.347 e. The third-order valence-electron chi connectivity index (χ3n) is 2.55. The van der Waals surface area contributed by atoms with Crippen LogP contribution in [-0.4, -0.2) is 23.2 Å². The molecule has 0 aliphatic heterocycles. The van der Waals surface area contributed by atoms with E-state index in [0.717, 1.165) is 22.8 Å². The van der Waals surface area contributed by atoms with Crippen LogP contribution < -0.4 is 10.1 Å². The van der Waals surface area contributed by atoms with Crippen molar-refractivity contribution in [3.05, 3.63) is 34.8 Å². The van der Waals surface area contributed by atoms with Gasteiger partial charge in [0.2, 0.25) is 0 Å². The Kier molecular flexibility index (Phi) is 4.01. The summed E-state index contributed by atoms with van der Waals surface area (Å²) in [4.78, 5) is 15.6. The van der Waals surface area contributed by atoms with Crippen molar-refractivity contribution in [2.75, 3.05) is 12.4 Å². The maximum absolute atomic E-state index is 11.1. The van der Waals surface area contributed by atoms with E-state index < -0.39 is 5.97 Å². The zero-order valence-corrected chi connectivity index (χ0v) is 11.5. The molecule has 100 valence electrons. The highest BCUT2D eigenvalue weighted by Crippen LogP contribution is 2.27. The average molecular weight is 278 g/mol. The quantitative estimate of drug-likeness (QED) is 0.879. The normalized spacial score (nSPS) is 10.2. The predicted octanol–water partition coefficient (Wildman–Crippen LogP) is 3.16. The molecule has 0 saturated heterocycles. The minimum absolute atomic E-state index is 0.285. The number of benzene rings is 1. The molecule has 2 aromatic rings. The lowest BCUT2D eigenvalue weighted by Crippen LogP contribution is -1.97. The van der Waals surface area contributed by atoms with Crippen LogP contribution in [0.2, 0.25) is 0 Å². The van der Waals surface area contributed by atoms with E-state index in [4.69, 9.17) is 9.84 Å². The highest BCUT2D eigenvalue weighted by atomic mass is 32.1. The monoisotopic (exact) mass is 278 g/mol. The number of anilines is 2. The number of hydrogen-bond acceptors (Lipinski definition) is 5. The number of ether oxygens (including phenoxy) is 1. The molecule has 0 radical (unpaired) electrons. The lowest BCUT2D eigenvalue weighted by atomic mass is 10.3. The van der Waals surface area contributed by atoms with E-state index in [2.05, 4.69) is 10.3 Å². The molecule has 6 heteroatoms.